The summed E-state index contributed by atoms with van der Waals surface area (Å²) in [6.07, 6.45) is 2.50. The molecule has 0 aromatic carbocycles. The summed E-state index contributed by atoms with van der Waals surface area (Å²) < 4.78 is 45.9. The van der Waals surface area contributed by atoms with E-state index in [1.165, 1.54) is 17.5 Å². The second kappa shape index (κ2) is 8.28. The molecule has 1 fully saturated rings. The lowest BCUT2D eigenvalue weighted by Crippen LogP contribution is -2.43. The molecule has 1 aromatic heterocycles. The van der Waals surface area contributed by atoms with Crippen molar-refractivity contribution >= 4 is 6.03 Å². The third kappa shape index (κ3) is 4.69. The van der Waals surface area contributed by atoms with E-state index in [2.05, 4.69) is 15.7 Å². The SMILES string of the molecule is O=C(NCCn1nc(C(F)(F)F)c2c1CCOC2)NC1CCCCCC1. The van der Waals surface area contributed by atoms with Crippen LogP contribution in [0, 0.1) is 0 Å². The van der Waals surface area contributed by atoms with Crippen LogP contribution in [-0.2, 0) is 30.5 Å². The van der Waals surface area contributed by atoms with Gasteiger partial charge >= 0.3 is 12.2 Å². The first-order valence-corrected chi connectivity index (χ1v) is 9.23. The topological polar surface area (TPSA) is 68.2 Å². The van der Waals surface area contributed by atoms with Gasteiger partial charge in [0.15, 0.2) is 5.69 Å². The lowest BCUT2D eigenvalue weighted by Gasteiger charge is -2.17. The molecule has 1 aliphatic carbocycles. The van der Waals surface area contributed by atoms with Gasteiger partial charge in [-0.2, -0.15) is 18.3 Å². The molecule has 0 spiro atoms. The summed E-state index contributed by atoms with van der Waals surface area (Å²) in [5, 5.41) is 9.42. The third-order valence-electron chi connectivity index (χ3n) is 4.96. The van der Waals surface area contributed by atoms with Crippen LogP contribution < -0.4 is 10.6 Å². The molecule has 2 N–H and O–H groups in total. The third-order valence-corrected chi connectivity index (χ3v) is 4.96. The molecular formula is C17H25F3N4O2. The number of halogens is 3. The van der Waals surface area contributed by atoms with Crippen LogP contribution in [0.25, 0.3) is 0 Å². The van der Waals surface area contributed by atoms with E-state index in [9.17, 15) is 18.0 Å². The predicted octanol–water partition coefficient (Wildman–Crippen LogP) is 3.00. The highest BCUT2D eigenvalue weighted by Gasteiger charge is 2.39. The first-order valence-electron chi connectivity index (χ1n) is 9.23. The monoisotopic (exact) mass is 374 g/mol. The Balaban J connectivity index is 1.54. The van der Waals surface area contributed by atoms with Crippen molar-refractivity contribution in [3.05, 3.63) is 17.0 Å². The largest absolute Gasteiger partial charge is 0.435 e. The fourth-order valence-corrected chi connectivity index (χ4v) is 3.66. The molecule has 1 saturated carbocycles. The van der Waals surface area contributed by atoms with E-state index >= 15 is 0 Å². The average Bonchev–Trinajstić information content (AvgIpc) is 2.78. The van der Waals surface area contributed by atoms with E-state index in [0.29, 0.717) is 18.7 Å². The van der Waals surface area contributed by atoms with E-state index in [1.807, 2.05) is 0 Å². The van der Waals surface area contributed by atoms with Crippen molar-refractivity contribution in [2.45, 2.75) is 70.3 Å². The van der Waals surface area contributed by atoms with Gasteiger partial charge in [0.1, 0.15) is 0 Å². The van der Waals surface area contributed by atoms with Crippen molar-refractivity contribution in [1.29, 1.82) is 0 Å². The second-order valence-electron chi connectivity index (χ2n) is 6.89. The number of carbonyl (C=O) groups is 1. The van der Waals surface area contributed by atoms with Crippen LogP contribution in [0.4, 0.5) is 18.0 Å². The van der Waals surface area contributed by atoms with Gasteiger partial charge in [-0.05, 0) is 12.8 Å². The number of hydrogen-bond donors (Lipinski definition) is 2. The maximum absolute atomic E-state index is 13.1. The molecule has 0 radical (unpaired) electrons. The van der Waals surface area contributed by atoms with Crippen molar-refractivity contribution in [2.24, 2.45) is 0 Å². The molecule has 1 aromatic rings. The zero-order valence-corrected chi connectivity index (χ0v) is 14.7. The number of ether oxygens (including phenoxy) is 1. The number of urea groups is 1. The summed E-state index contributed by atoms with van der Waals surface area (Å²) >= 11 is 0. The number of fused-ring (bicyclic) bond motifs is 1. The number of nitrogens with one attached hydrogen (secondary N) is 2. The standard InChI is InChI=1S/C17H25F3N4O2/c18-17(19,20)15-13-11-26-10-7-14(13)24(23-15)9-8-21-16(25)22-12-5-3-1-2-4-6-12/h12H,1-11H2,(H2,21,22,25). The molecule has 0 atom stereocenters. The number of hydrogen-bond acceptors (Lipinski definition) is 3. The van der Waals surface area contributed by atoms with Gasteiger partial charge in [0.2, 0.25) is 0 Å². The van der Waals surface area contributed by atoms with Gasteiger partial charge < -0.3 is 15.4 Å². The highest BCUT2D eigenvalue weighted by molar-refractivity contribution is 5.74. The molecule has 0 saturated heterocycles. The van der Waals surface area contributed by atoms with Gasteiger partial charge in [0, 0.05) is 30.3 Å². The molecular weight excluding hydrogens is 349 g/mol. The van der Waals surface area contributed by atoms with Crippen molar-refractivity contribution in [3.8, 4) is 0 Å². The number of carbonyl (C=O) groups excluding carboxylic acids is 1. The molecule has 1 aliphatic heterocycles. The molecule has 146 valence electrons. The summed E-state index contributed by atoms with van der Waals surface area (Å²) in [6, 6.07) is -0.0822. The van der Waals surface area contributed by atoms with E-state index in [0.717, 1.165) is 25.7 Å². The van der Waals surface area contributed by atoms with Crippen molar-refractivity contribution in [1.82, 2.24) is 20.4 Å². The number of alkyl halides is 3. The molecule has 2 heterocycles. The minimum absolute atomic E-state index is 0.0697. The molecule has 0 bridgehead atoms. The summed E-state index contributed by atoms with van der Waals surface area (Å²) in [7, 11) is 0. The van der Waals surface area contributed by atoms with Gasteiger partial charge in [0.05, 0.1) is 19.8 Å². The Morgan fingerprint density at radius 1 is 1.23 bits per heavy atom. The Morgan fingerprint density at radius 3 is 2.65 bits per heavy atom. The minimum Gasteiger partial charge on any atom is -0.376 e. The lowest BCUT2D eigenvalue weighted by atomic mass is 10.1. The van der Waals surface area contributed by atoms with Crippen molar-refractivity contribution in [2.75, 3.05) is 13.2 Å². The molecule has 2 aliphatic rings. The Morgan fingerprint density at radius 2 is 1.96 bits per heavy atom. The van der Waals surface area contributed by atoms with Crippen LogP contribution in [0.5, 0.6) is 0 Å². The van der Waals surface area contributed by atoms with E-state index < -0.39 is 11.9 Å². The van der Waals surface area contributed by atoms with Gasteiger partial charge in [-0.1, -0.05) is 25.7 Å². The number of rotatable bonds is 4. The summed E-state index contributed by atoms with van der Waals surface area (Å²) in [5.74, 6) is 0. The Kier molecular flexibility index (Phi) is 6.05. The fraction of sp³-hybridized carbons (Fsp3) is 0.765. The van der Waals surface area contributed by atoms with Gasteiger partial charge in [0.25, 0.3) is 0 Å². The average molecular weight is 374 g/mol. The van der Waals surface area contributed by atoms with Crippen LogP contribution in [-0.4, -0.2) is 35.0 Å². The summed E-state index contributed by atoms with van der Waals surface area (Å²) in [6.45, 7) is 0.743. The lowest BCUT2D eigenvalue weighted by molar-refractivity contribution is -0.142. The number of amides is 2. The molecule has 0 unspecified atom stereocenters. The van der Waals surface area contributed by atoms with Crippen LogP contribution in [0.1, 0.15) is 55.5 Å². The maximum Gasteiger partial charge on any atom is 0.435 e. The fourth-order valence-electron chi connectivity index (χ4n) is 3.66. The maximum atomic E-state index is 13.1. The highest BCUT2D eigenvalue weighted by atomic mass is 19.4. The molecule has 6 nitrogen and oxygen atoms in total. The Labute approximate surface area is 150 Å². The molecule has 3 rings (SSSR count). The quantitative estimate of drug-likeness (QED) is 0.796. The zero-order valence-electron chi connectivity index (χ0n) is 14.7. The number of aromatic nitrogens is 2. The van der Waals surface area contributed by atoms with Crippen LogP contribution >= 0.6 is 0 Å². The van der Waals surface area contributed by atoms with Crippen LogP contribution in [0.15, 0.2) is 0 Å². The van der Waals surface area contributed by atoms with Gasteiger partial charge in [-0.3, -0.25) is 4.68 Å². The predicted molar refractivity (Wildman–Crippen MR) is 88.6 cm³/mol. The second-order valence-corrected chi connectivity index (χ2v) is 6.89. The number of nitrogens with zero attached hydrogens (tertiary/aromatic N) is 2. The first kappa shape index (κ1) is 19.0. The highest BCUT2D eigenvalue weighted by Crippen LogP contribution is 2.34. The van der Waals surface area contributed by atoms with Crippen molar-refractivity contribution in [3.63, 3.8) is 0 Å². The van der Waals surface area contributed by atoms with E-state index in [4.69, 9.17) is 4.74 Å². The Bertz CT molecular complexity index is 622. The smallest absolute Gasteiger partial charge is 0.376 e. The minimum atomic E-state index is -4.50. The Hall–Kier alpha value is -1.77. The molecule has 26 heavy (non-hydrogen) atoms. The zero-order chi connectivity index (χ0) is 18.6. The summed E-state index contributed by atoms with van der Waals surface area (Å²) in [5.41, 5.74) is -0.212. The van der Waals surface area contributed by atoms with Gasteiger partial charge in [-0.25, -0.2) is 4.79 Å². The summed E-state index contributed by atoms with van der Waals surface area (Å²) in [4.78, 5) is 12.0. The van der Waals surface area contributed by atoms with Gasteiger partial charge in [-0.15, -0.1) is 0 Å². The van der Waals surface area contributed by atoms with E-state index in [1.54, 1.807) is 0 Å². The van der Waals surface area contributed by atoms with Crippen LogP contribution in [0.3, 0.4) is 0 Å². The van der Waals surface area contributed by atoms with Crippen LogP contribution in [0.2, 0.25) is 0 Å². The van der Waals surface area contributed by atoms with E-state index in [-0.39, 0.29) is 37.3 Å². The molecule has 2 amide bonds. The normalized spacial score (nSPS) is 18.9. The van der Waals surface area contributed by atoms with Crippen molar-refractivity contribution < 1.29 is 22.7 Å². The first-order chi connectivity index (χ1) is 12.4. The molecule has 9 heteroatoms.